The summed E-state index contributed by atoms with van der Waals surface area (Å²) in [5.74, 6) is -1.30. The smallest absolute Gasteiger partial charge is 0.338 e. The van der Waals surface area contributed by atoms with Crippen LogP contribution in [0.15, 0.2) is 33.7 Å². The average molecular weight is 261 g/mol. The molecule has 2 aromatic heterocycles. The number of pyridine rings is 1. The van der Waals surface area contributed by atoms with E-state index in [1.54, 1.807) is 0 Å². The number of H-pyrrole nitrogens is 1. The van der Waals surface area contributed by atoms with Gasteiger partial charge in [-0.25, -0.2) is 9.18 Å². The van der Waals surface area contributed by atoms with E-state index in [0.717, 1.165) is 6.07 Å². The van der Waals surface area contributed by atoms with Crippen LogP contribution in [0.1, 0.15) is 10.4 Å². The van der Waals surface area contributed by atoms with Crippen LogP contribution in [0.3, 0.4) is 0 Å². The molecule has 0 saturated carbocycles. The molecule has 0 saturated heterocycles. The number of hydrogen-bond acceptors (Lipinski definition) is 4. The van der Waals surface area contributed by atoms with Crippen LogP contribution in [0.2, 0.25) is 0 Å². The first kappa shape index (κ1) is 11.5. The van der Waals surface area contributed by atoms with Gasteiger partial charge in [0.1, 0.15) is 5.82 Å². The first-order chi connectivity index (χ1) is 9.11. The van der Waals surface area contributed by atoms with Crippen molar-refractivity contribution in [1.29, 1.82) is 0 Å². The van der Waals surface area contributed by atoms with Gasteiger partial charge in [0, 0.05) is 10.8 Å². The summed E-state index contributed by atoms with van der Waals surface area (Å²) < 4.78 is 23.6. The Morgan fingerprint density at radius 2 is 2.21 bits per heavy atom. The van der Waals surface area contributed by atoms with Gasteiger partial charge in [-0.05, 0) is 18.2 Å². The Kier molecular flexibility index (Phi) is 2.38. The van der Waals surface area contributed by atoms with Crippen LogP contribution in [0.25, 0.3) is 21.9 Å². The van der Waals surface area contributed by atoms with E-state index >= 15 is 0 Å². The third kappa shape index (κ3) is 1.61. The second-order valence-corrected chi connectivity index (χ2v) is 3.99. The Morgan fingerprint density at radius 3 is 2.95 bits per heavy atom. The van der Waals surface area contributed by atoms with E-state index in [0.29, 0.717) is 5.39 Å². The normalized spacial score (nSPS) is 11.1. The molecule has 0 unspecified atom stereocenters. The SMILES string of the molecule is COC(=O)c1cc(F)c2c(c1)[nH]c(=O)c1occc12. The maximum atomic E-state index is 14.1. The maximum Gasteiger partial charge on any atom is 0.338 e. The number of aromatic amines is 1. The summed E-state index contributed by atoms with van der Waals surface area (Å²) in [4.78, 5) is 25.6. The van der Waals surface area contributed by atoms with Gasteiger partial charge < -0.3 is 14.1 Å². The molecule has 0 aliphatic carbocycles. The second-order valence-electron chi connectivity index (χ2n) is 3.99. The molecule has 6 heteroatoms. The van der Waals surface area contributed by atoms with Crippen molar-refractivity contribution >= 4 is 27.8 Å². The van der Waals surface area contributed by atoms with Crippen molar-refractivity contribution in [2.45, 2.75) is 0 Å². The van der Waals surface area contributed by atoms with Gasteiger partial charge in [0.05, 0.1) is 24.5 Å². The lowest BCUT2D eigenvalue weighted by atomic mass is 10.1. The fourth-order valence-electron chi connectivity index (χ4n) is 2.08. The molecule has 5 nitrogen and oxygen atoms in total. The van der Waals surface area contributed by atoms with Gasteiger partial charge >= 0.3 is 5.97 Å². The molecule has 0 amide bonds. The highest BCUT2D eigenvalue weighted by molar-refractivity contribution is 6.06. The van der Waals surface area contributed by atoms with Crippen molar-refractivity contribution < 1.29 is 18.3 Å². The number of furan rings is 1. The van der Waals surface area contributed by atoms with Crippen molar-refractivity contribution in [2.24, 2.45) is 0 Å². The van der Waals surface area contributed by atoms with Crippen LogP contribution in [0.4, 0.5) is 4.39 Å². The molecule has 19 heavy (non-hydrogen) atoms. The summed E-state index contributed by atoms with van der Waals surface area (Å²) in [6.45, 7) is 0. The molecule has 96 valence electrons. The molecule has 1 N–H and O–H groups in total. The van der Waals surface area contributed by atoms with E-state index in [1.165, 1.54) is 25.5 Å². The molecule has 0 atom stereocenters. The number of rotatable bonds is 1. The van der Waals surface area contributed by atoms with Gasteiger partial charge in [-0.3, -0.25) is 4.79 Å². The first-order valence-corrected chi connectivity index (χ1v) is 5.43. The molecular formula is C13H8FNO4. The third-order valence-electron chi connectivity index (χ3n) is 2.90. The quantitative estimate of drug-likeness (QED) is 0.681. The van der Waals surface area contributed by atoms with Crippen LogP contribution in [0.5, 0.6) is 0 Å². The standard InChI is InChI=1S/C13H8FNO4/c1-18-13(17)6-4-8(14)10-7-2-3-19-11(7)12(16)15-9(10)5-6/h2-5H,1H3,(H,15,16). The van der Waals surface area contributed by atoms with Crippen molar-refractivity contribution in [3.63, 3.8) is 0 Å². The summed E-state index contributed by atoms with van der Waals surface area (Å²) in [5, 5.41) is 0.573. The molecule has 0 spiro atoms. The number of ether oxygens (including phenoxy) is 1. The summed E-state index contributed by atoms with van der Waals surface area (Å²) in [5.41, 5.74) is -0.170. The second kappa shape index (κ2) is 3.94. The number of benzene rings is 1. The largest absolute Gasteiger partial charge is 0.465 e. The van der Waals surface area contributed by atoms with Crippen molar-refractivity contribution in [1.82, 2.24) is 4.98 Å². The van der Waals surface area contributed by atoms with E-state index < -0.39 is 17.3 Å². The number of methoxy groups -OCH3 is 1. The zero-order chi connectivity index (χ0) is 13.6. The van der Waals surface area contributed by atoms with Crippen LogP contribution in [-0.4, -0.2) is 18.1 Å². The zero-order valence-electron chi connectivity index (χ0n) is 9.82. The van der Waals surface area contributed by atoms with E-state index in [2.05, 4.69) is 9.72 Å². The van der Waals surface area contributed by atoms with Crippen LogP contribution >= 0.6 is 0 Å². The molecule has 0 bridgehead atoms. The Morgan fingerprint density at radius 1 is 1.42 bits per heavy atom. The molecule has 3 aromatic rings. The zero-order valence-corrected chi connectivity index (χ0v) is 9.82. The van der Waals surface area contributed by atoms with Crippen molar-refractivity contribution in [3.8, 4) is 0 Å². The number of hydrogen-bond donors (Lipinski definition) is 1. The predicted molar refractivity (Wildman–Crippen MR) is 65.6 cm³/mol. The highest BCUT2D eigenvalue weighted by Crippen LogP contribution is 2.26. The first-order valence-electron chi connectivity index (χ1n) is 5.43. The molecule has 0 fully saturated rings. The summed E-state index contributed by atoms with van der Waals surface area (Å²) in [6, 6.07) is 3.95. The molecule has 0 radical (unpaired) electrons. The molecule has 3 rings (SSSR count). The number of carbonyl (C=O) groups is 1. The number of nitrogens with one attached hydrogen (secondary N) is 1. The molecule has 0 aliphatic rings. The minimum atomic E-state index is -0.672. The number of halogens is 1. The highest BCUT2D eigenvalue weighted by atomic mass is 19.1. The fraction of sp³-hybridized carbons (Fsp3) is 0.0769. The van der Waals surface area contributed by atoms with Gasteiger partial charge in [-0.1, -0.05) is 0 Å². The van der Waals surface area contributed by atoms with Crippen LogP contribution in [-0.2, 0) is 4.74 Å². The van der Waals surface area contributed by atoms with E-state index in [4.69, 9.17) is 4.42 Å². The third-order valence-corrected chi connectivity index (χ3v) is 2.90. The maximum absolute atomic E-state index is 14.1. The monoisotopic (exact) mass is 261 g/mol. The molecule has 0 aliphatic heterocycles. The van der Waals surface area contributed by atoms with Gasteiger partial charge in [-0.15, -0.1) is 0 Å². The minimum absolute atomic E-state index is 0.0333. The van der Waals surface area contributed by atoms with Gasteiger partial charge in [0.25, 0.3) is 5.56 Å². The average Bonchev–Trinajstić information content (AvgIpc) is 2.86. The van der Waals surface area contributed by atoms with E-state index in [-0.39, 0.29) is 22.0 Å². The van der Waals surface area contributed by atoms with E-state index in [9.17, 15) is 14.0 Å². The van der Waals surface area contributed by atoms with Gasteiger partial charge in [0.15, 0.2) is 5.58 Å². The van der Waals surface area contributed by atoms with E-state index in [1.807, 2.05) is 0 Å². The van der Waals surface area contributed by atoms with Crippen molar-refractivity contribution in [2.75, 3.05) is 7.11 Å². The Bertz CT molecular complexity index is 862. The molecule has 2 heterocycles. The topological polar surface area (TPSA) is 72.3 Å². The molecule has 1 aromatic carbocycles. The lowest BCUT2D eigenvalue weighted by Gasteiger charge is -2.04. The lowest BCUT2D eigenvalue weighted by molar-refractivity contribution is 0.0600. The van der Waals surface area contributed by atoms with Crippen molar-refractivity contribution in [3.05, 3.63) is 46.2 Å². The van der Waals surface area contributed by atoms with Crippen LogP contribution < -0.4 is 5.56 Å². The Hall–Kier alpha value is -2.63. The summed E-state index contributed by atoms with van der Waals surface area (Å²) in [7, 11) is 1.20. The van der Waals surface area contributed by atoms with Crippen LogP contribution in [0, 0.1) is 5.82 Å². The molecular weight excluding hydrogens is 253 g/mol. The number of fused-ring (bicyclic) bond motifs is 3. The number of carbonyl (C=O) groups excluding carboxylic acids is 1. The lowest BCUT2D eigenvalue weighted by Crippen LogP contribution is -2.08. The Balaban J connectivity index is 2.47. The fourth-order valence-corrected chi connectivity index (χ4v) is 2.08. The number of aromatic nitrogens is 1. The number of esters is 1. The minimum Gasteiger partial charge on any atom is -0.465 e. The van der Waals surface area contributed by atoms with Gasteiger partial charge in [0.2, 0.25) is 0 Å². The van der Waals surface area contributed by atoms with Gasteiger partial charge in [-0.2, -0.15) is 0 Å². The predicted octanol–water partition coefficient (Wildman–Crippen LogP) is 2.20. The highest BCUT2D eigenvalue weighted by Gasteiger charge is 2.15. The summed E-state index contributed by atoms with van der Waals surface area (Å²) >= 11 is 0. The Labute approximate surface area is 105 Å². The summed E-state index contributed by atoms with van der Waals surface area (Å²) in [6.07, 6.45) is 1.31.